The normalized spacial score (nSPS) is 0. The fourth-order valence-corrected chi connectivity index (χ4v) is 0. The zero-order valence-electron chi connectivity index (χ0n) is 4.13. The van der Waals surface area contributed by atoms with Crippen molar-refractivity contribution in [3.63, 3.8) is 0 Å². The zero-order valence-corrected chi connectivity index (χ0v) is 15.5. The molecule has 0 spiro atoms. The largest absolute Gasteiger partial charge is 1.00 e. The molecule has 0 bridgehead atoms. The van der Waals surface area contributed by atoms with Crippen LogP contribution in [0.3, 0.4) is 0 Å². The van der Waals surface area contributed by atoms with E-state index in [0.29, 0.717) is 0 Å². The molecule has 0 N–H and O–H groups in total. The maximum absolute atomic E-state index is 0. The molecule has 0 amide bonds. The van der Waals surface area contributed by atoms with Crippen LogP contribution in [0.1, 0.15) is 0 Å². The molecule has 0 aromatic heterocycles. The first-order valence-corrected chi connectivity index (χ1v) is 0. The van der Waals surface area contributed by atoms with Gasteiger partial charge >= 0.3 is 132 Å². The van der Waals surface area contributed by atoms with Gasteiger partial charge in [0.1, 0.15) is 0 Å². The van der Waals surface area contributed by atoms with E-state index < -0.39 is 0 Å². The van der Waals surface area contributed by atoms with Gasteiger partial charge in [-0.2, -0.15) is 0 Å². The van der Waals surface area contributed by atoms with Gasteiger partial charge in [0.15, 0.2) is 0 Å². The first kappa shape index (κ1) is 42.5. The SMILES string of the molecule is [Br-].[Cl-].[Cl-].[K+].[K+].[Na+]. The van der Waals surface area contributed by atoms with E-state index >= 15 is 0 Å². The maximum Gasteiger partial charge on any atom is 1.00 e. The molecule has 24 valence electrons. The molecule has 0 fully saturated rings. The quantitative estimate of drug-likeness (QED) is 0.376. The van der Waals surface area contributed by atoms with Crippen LogP contribution in [0.5, 0.6) is 0 Å². The molecule has 0 saturated carbocycles. The number of halogens is 3. The Morgan fingerprint density at radius 3 is 0.667 bits per heavy atom. The zero-order chi connectivity index (χ0) is 0. The molecule has 0 aliphatic rings. The van der Waals surface area contributed by atoms with Crippen LogP contribution in [-0.4, -0.2) is 0 Å². The van der Waals surface area contributed by atoms with Crippen molar-refractivity contribution in [1.82, 2.24) is 0 Å². The fourth-order valence-electron chi connectivity index (χ4n) is 0. The molecular weight excluding hydrogens is 252 g/mol. The molecule has 6 heavy (non-hydrogen) atoms. The summed E-state index contributed by atoms with van der Waals surface area (Å²) in [6.07, 6.45) is 0. The standard InChI is InChI=1S/BrH.2ClH.2K.Na/h3*1H;;;/q;;;3*+1/p-3. The van der Waals surface area contributed by atoms with Crippen LogP contribution in [0.25, 0.3) is 0 Å². The van der Waals surface area contributed by atoms with Gasteiger partial charge < -0.3 is 41.8 Å². The van der Waals surface area contributed by atoms with Crippen molar-refractivity contribution in [2.45, 2.75) is 0 Å². The van der Waals surface area contributed by atoms with E-state index in [4.69, 9.17) is 0 Å². The summed E-state index contributed by atoms with van der Waals surface area (Å²) in [5.74, 6) is 0. The van der Waals surface area contributed by atoms with Crippen molar-refractivity contribution in [2.75, 3.05) is 0 Å². The minimum Gasteiger partial charge on any atom is -1.00 e. The second kappa shape index (κ2) is 31.6. The van der Waals surface area contributed by atoms with E-state index in [0.717, 1.165) is 0 Å². The second-order valence-electron chi connectivity index (χ2n) is 0. The van der Waals surface area contributed by atoms with Crippen molar-refractivity contribution in [3.05, 3.63) is 0 Å². The Bertz CT molecular complexity index is 11.5. The number of hydrogen-bond donors (Lipinski definition) is 0. The fraction of sp³-hybridized carbons (Fsp3) is 0. The van der Waals surface area contributed by atoms with Crippen LogP contribution in [-0.2, 0) is 0 Å². The van der Waals surface area contributed by atoms with Crippen molar-refractivity contribution in [2.24, 2.45) is 0 Å². The molecule has 6 heteroatoms. The van der Waals surface area contributed by atoms with Gasteiger partial charge in [-0.25, -0.2) is 0 Å². The average molecular weight is 252 g/mol. The molecule has 0 aliphatic heterocycles. The first-order valence-electron chi connectivity index (χ1n) is 0. The summed E-state index contributed by atoms with van der Waals surface area (Å²) in [6.45, 7) is 0. The molecule has 0 aromatic carbocycles. The third-order valence-corrected chi connectivity index (χ3v) is 0. The number of hydrogen-bond acceptors (Lipinski definition) is 0. The van der Waals surface area contributed by atoms with Gasteiger partial charge in [-0.3, -0.25) is 0 Å². The third kappa shape index (κ3) is 22.8. The van der Waals surface area contributed by atoms with Crippen LogP contribution >= 0.6 is 0 Å². The van der Waals surface area contributed by atoms with Gasteiger partial charge in [0.05, 0.1) is 0 Å². The molecule has 0 atom stereocenters. The van der Waals surface area contributed by atoms with Gasteiger partial charge in [0.2, 0.25) is 0 Å². The number of rotatable bonds is 0. The minimum absolute atomic E-state index is 0. The predicted octanol–water partition coefficient (Wildman–Crippen LogP) is -18.0. The summed E-state index contributed by atoms with van der Waals surface area (Å²) in [5, 5.41) is 0. The van der Waals surface area contributed by atoms with Crippen molar-refractivity contribution in [3.8, 4) is 0 Å². The van der Waals surface area contributed by atoms with Crippen molar-refractivity contribution < 1.29 is 174 Å². The summed E-state index contributed by atoms with van der Waals surface area (Å²) in [6, 6.07) is 0. The summed E-state index contributed by atoms with van der Waals surface area (Å²) in [7, 11) is 0. The van der Waals surface area contributed by atoms with Gasteiger partial charge in [0.25, 0.3) is 0 Å². The van der Waals surface area contributed by atoms with Crippen LogP contribution < -0.4 is 174 Å². The van der Waals surface area contributed by atoms with Gasteiger partial charge in [-0.1, -0.05) is 0 Å². The van der Waals surface area contributed by atoms with E-state index in [1.807, 2.05) is 0 Å². The molecule has 0 radical (unpaired) electrons. The third-order valence-electron chi connectivity index (χ3n) is 0. The molecule has 0 aromatic rings. The molecule has 0 aliphatic carbocycles. The van der Waals surface area contributed by atoms with E-state index in [1.54, 1.807) is 0 Å². The Morgan fingerprint density at radius 1 is 0.667 bits per heavy atom. The summed E-state index contributed by atoms with van der Waals surface area (Å²) in [5.41, 5.74) is 0. The van der Waals surface area contributed by atoms with Crippen LogP contribution in [0.2, 0.25) is 0 Å². The van der Waals surface area contributed by atoms with E-state index in [1.165, 1.54) is 0 Å². The predicted molar refractivity (Wildman–Crippen MR) is 0 cm³/mol. The van der Waals surface area contributed by atoms with Gasteiger partial charge in [-0.15, -0.1) is 0 Å². The minimum atomic E-state index is 0. The van der Waals surface area contributed by atoms with E-state index in [2.05, 4.69) is 0 Å². The Labute approximate surface area is 168 Å². The first-order chi connectivity index (χ1) is 0. The maximum atomic E-state index is 0. The van der Waals surface area contributed by atoms with Crippen molar-refractivity contribution >= 4 is 0 Å². The molecular formula is BrCl2K2Na. The molecule has 0 rings (SSSR count). The molecule has 0 unspecified atom stereocenters. The van der Waals surface area contributed by atoms with Crippen LogP contribution in [0, 0.1) is 0 Å². The monoisotopic (exact) mass is 250 g/mol. The Balaban J connectivity index is 0. The molecule has 0 heterocycles. The van der Waals surface area contributed by atoms with E-state index in [9.17, 15) is 0 Å². The van der Waals surface area contributed by atoms with E-state index in [-0.39, 0.29) is 174 Å². The molecule has 0 saturated heterocycles. The smallest absolute Gasteiger partial charge is 1.00 e. The average Bonchev–Trinajstić information content (AvgIpc) is 0. The Morgan fingerprint density at radius 2 is 0.667 bits per heavy atom. The summed E-state index contributed by atoms with van der Waals surface area (Å²) in [4.78, 5) is 0. The van der Waals surface area contributed by atoms with Gasteiger partial charge in [0, 0.05) is 0 Å². The van der Waals surface area contributed by atoms with Crippen molar-refractivity contribution in [1.29, 1.82) is 0 Å². The van der Waals surface area contributed by atoms with Gasteiger partial charge in [-0.05, 0) is 0 Å². The summed E-state index contributed by atoms with van der Waals surface area (Å²) < 4.78 is 0. The topological polar surface area (TPSA) is 0 Å². The Hall–Kier alpha value is 5.33. The second-order valence-corrected chi connectivity index (χ2v) is 0. The van der Waals surface area contributed by atoms with Crippen LogP contribution in [0.15, 0.2) is 0 Å². The van der Waals surface area contributed by atoms with Crippen LogP contribution in [0.4, 0.5) is 0 Å². The summed E-state index contributed by atoms with van der Waals surface area (Å²) >= 11 is 0. The molecule has 0 nitrogen and oxygen atoms in total. The Kier molecular flexibility index (Phi) is 224.